The number of pyridine rings is 1. The summed E-state index contributed by atoms with van der Waals surface area (Å²) in [6.45, 7) is 1.63. The van der Waals surface area contributed by atoms with Crippen molar-refractivity contribution in [2.75, 3.05) is 25.1 Å². The molecule has 0 saturated carbocycles. The molecule has 110 valence electrons. The molecule has 0 unspecified atom stereocenters. The summed E-state index contributed by atoms with van der Waals surface area (Å²) in [6, 6.07) is 5.96. The van der Waals surface area contributed by atoms with Gasteiger partial charge in [0.2, 0.25) is 0 Å². The lowest BCUT2D eigenvalue weighted by Gasteiger charge is -2.18. The number of hydrogen-bond acceptors (Lipinski definition) is 5. The topological polar surface area (TPSA) is 60.2 Å². The van der Waals surface area contributed by atoms with Gasteiger partial charge in [-0.3, -0.25) is 0 Å². The van der Waals surface area contributed by atoms with Crippen molar-refractivity contribution < 1.29 is 9.53 Å². The van der Waals surface area contributed by atoms with E-state index >= 15 is 0 Å². The van der Waals surface area contributed by atoms with E-state index in [4.69, 9.17) is 16.3 Å². The van der Waals surface area contributed by atoms with Gasteiger partial charge in [-0.15, -0.1) is 0 Å². The number of aromatic nitrogens is 3. The zero-order chi connectivity index (χ0) is 14.8. The number of carbonyl (C=O) groups is 1. The Morgan fingerprint density at radius 1 is 1.43 bits per heavy atom. The van der Waals surface area contributed by atoms with Gasteiger partial charge in [-0.05, 0) is 18.6 Å². The average Bonchev–Trinajstić information content (AvgIpc) is 3.14. The summed E-state index contributed by atoms with van der Waals surface area (Å²) in [6.07, 6.45) is 4.27. The SMILES string of the molecule is COC(=O)c1c(Cl)ncn1[C@@H]1CCN(c2ccccn2)C1. The van der Waals surface area contributed by atoms with Crippen molar-refractivity contribution in [3.63, 3.8) is 0 Å². The summed E-state index contributed by atoms with van der Waals surface area (Å²) in [4.78, 5) is 22.4. The molecule has 0 radical (unpaired) electrons. The lowest BCUT2D eigenvalue weighted by atomic mass is 10.2. The van der Waals surface area contributed by atoms with Crippen LogP contribution in [0.3, 0.4) is 0 Å². The van der Waals surface area contributed by atoms with Crippen LogP contribution in [0.2, 0.25) is 5.15 Å². The van der Waals surface area contributed by atoms with Crippen molar-refractivity contribution in [2.45, 2.75) is 12.5 Å². The molecular weight excluding hydrogens is 292 g/mol. The summed E-state index contributed by atoms with van der Waals surface area (Å²) >= 11 is 5.99. The van der Waals surface area contributed by atoms with E-state index < -0.39 is 5.97 Å². The first-order valence-electron chi connectivity index (χ1n) is 6.67. The third-order valence-corrected chi connectivity index (χ3v) is 3.93. The van der Waals surface area contributed by atoms with Crippen LogP contribution in [0.15, 0.2) is 30.7 Å². The highest BCUT2D eigenvalue weighted by Gasteiger charge is 2.29. The number of ether oxygens (including phenoxy) is 1. The molecule has 21 heavy (non-hydrogen) atoms. The predicted molar refractivity (Wildman–Crippen MR) is 78.7 cm³/mol. The van der Waals surface area contributed by atoms with E-state index in [1.54, 1.807) is 17.1 Å². The van der Waals surface area contributed by atoms with E-state index in [0.717, 1.165) is 25.3 Å². The number of rotatable bonds is 3. The van der Waals surface area contributed by atoms with Gasteiger partial charge in [-0.2, -0.15) is 0 Å². The minimum Gasteiger partial charge on any atom is -0.464 e. The Morgan fingerprint density at radius 3 is 3.00 bits per heavy atom. The van der Waals surface area contributed by atoms with Crippen LogP contribution in [0.25, 0.3) is 0 Å². The van der Waals surface area contributed by atoms with Gasteiger partial charge < -0.3 is 14.2 Å². The lowest BCUT2D eigenvalue weighted by molar-refractivity contribution is 0.0586. The smallest absolute Gasteiger partial charge is 0.357 e. The number of anilines is 1. The first-order valence-corrected chi connectivity index (χ1v) is 7.05. The van der Waals surface area contributed by atoms with Crippen LogP contribution in [-0.2, 0) is 4.74 Å². The molecule has 0 bridgehead atoms. The molecule has 7 heteroatoms. The molecule has 3 heterocycles. The maximum atomic E-state index is 11.8. The highest BCUT2D eigenvalue weighted by Crippen LogP contribution is 2.28. The molecule has 3 rings (SSSR count). The van der Waals surface area contributed by atoms with Crippen molar-refractivity contribution >= 4 is 23.4 Å². The Balaban J connectivity index is 1.82. The number of nitrogens with zero attached hydrogens (tertiary/aromatic N) is 4. The van der Waals surface area contributed by atoms with E-state index in [2.05, 4.69) is 14.9 Å². The van der Waals surface area contributed by atoms with Gasteiger partial charge in [-0.1, -0.05) is 17.7 Å². The molecule has 1 aliphatic heterocycles. The van der Waals surface area contributed by atoms with Crippen molar-refractivity contribution in [1.82, 2.24) is 14.5 Å². The molecule has 6 nitrogen and oxygen atoms in total. The van der Waals surface area contributed by atoms with Crippen LogP contribution in [-0.4, -0.2) is 40.7 Å². The molecule has 0 aliphatic carbocycles. The Bertz CT molecular complexity index is 644. The van der Waals surface area contributed by atoms with E-state index in [1.165, 1.54) is 7.11 Å². The fourth-order valence-electron chi connectivity index (χ4n) is 2.62. The molecule has 0 amide bonds. The molecule has 1 aliphatic rings. The fraction of sp³-hybridized carbons (Fsp3) is 0.357. The third kappa shape index (κ3) is 2.58. The second-order valence-electron chi connectivity index (χ2n) is 4.86. The van der Waals surface area contributed by atoms with Crippen molar-refractivity contribution in [1.29, 1.82) is 0 Å². The number of methoxy groups -OCH3 is 1. The number of halogens is 1. The maximum absolute atomic E-state index is 11.8. The normalized spacial score (nSPS) is 18.0. The molecule has 2 aromatic heterocycles. The largest absolute Gasteiger partial charge is 0.464 e. The molecule has 1 fully saturated rings. The molecule has 0 N–H and O–H groups in total. The van der Waals surface area contributed by atoms with Crippen LogP contribution >= 0.6 is 11.6 Å². The highest BCUT2D eigenvalue weighted by atomic mass is 35.5. The van der Waals surface area contributed by atoms with E-state index in [1.807, 2.05) is 18.2 Å². The summed E-state index contributed by atoms with van der Waals surface area (Å²) in [5, 5.41) is 0.179. The standard InChI is InChI=1S/C14H15ClN4O2/c1-21-14(20)12-13(15)17-9-19(12)10-5-7-18(8-10)11-4-2-3-6-16-11/h2-4,6,9-10H,5,7-8H2,1H3/t10-/m1/s1. The molecule has 1 atom stereocenters. The summed E-state index contributed by atoms with van der Waals surface area (Å²) in [7, 11) is 1.34. The Labute approximate surface area is 127 Å². The summed E-state index contributed by atoms with van der Waals surface area (Å²) in [5.74, 6) is 0.472. The van der Waals surface area contributed by atoms with Gasteiger partial charge in [0, 0.05) is 19.3 Å². The highest BCUT2D eigenvalue weighted by molar-refractivity contribution is 6.32. The summed E-state index contributed by atoms with van der Waals surface area (Å²) < 4.78 is 6.58. The number of esters is 1. The van der Waals surface area contributed by atoms with Crippen LogP contribution in [0, 0.1) is 0 Å². The number of hydrogen-bond donors (Lipinski definition) is 0. The van der Waals surface area contributed by atoms with Gasteiger partial charge in [0.25, 0.3) is 0 Å². The maximum Gasteiger partial charge on any atom is 0.357 e. The summed E-state index contributed by atoms with van der Waals surface area (Å²) in [5.41, 5.74) is 0.312. The van der Waals surface area contributed by atoms with Crippen LogP contribution < -0.4 is 4.90 Å². The predicted octanol–water partition coefficient (Wildman–Crippen LogP) is 2.17. The second-order valence-corrected chi connectivity index (χ2v) is 5.22. The van der Waals surface area contributed by atoms with Gasteiger partial charge in [-0.25, -0.2) is 14.8 Å². The minimum atomic E-state index is -0.464. The monoisotopic (exact) mass is 306 g/mol. The fourth-order valence-corrected chi connectivity index (χ4v) is 2.84. The molecule has 2 aromatic rings. The quantitative estimate of drug-likeness (QED) is 0.813. The zero-order valence-corrected chi connectivity index (χ0v) is 12.3. The second kappa shape index (κ2) is 5.73. The van der Waals surface area contributed by atoms with Crippen molar-refractivity contribution in [2.24, 2.45) is 0 Å². The first kappa shape index (κ1) is 13.9. The van der Waals surface area contributed by atoms with Crippen molar-refractivity contribution in [3.8, 4) is 0 Å². The Kier molecular flexibility index (Phi) is 3.79. The average molecular weight is 307 g/mol. The van der Waals surface area contributed by atoms with Gasteiger partial charge in [0.1, 0.15) is 5.82 Å². The van der Waals surface area contributed by atoms with Gasteiger partial charge in [0.15, 0.2) is 10.8 Å². The number of carbonyl (C=O) groups excluding carboxylic acids is 1. The van der Waals surface area contributed by atoms with Gasteiger partial charge in [0.05, 0.1) is 19.5 Å². The van der Waals surface area contributed by atoms with E-state index in [0.29, 0.717) is 5.69 Å². The lowest BCUT2D eigenvalue weighted by Crippen LogP contribution is -2.23. The molecule has 1 saturated heterocycles. The van der Waals surface area contributed by atoms with E-state index in [9.17, 15) is 4.79 Å². The van der Waals surface area contributed by atoms with Crippen LogP contribution in [0.1, 0.15) is 23.0 Å². The first-order chi connectivity index (χ1) is 10.2. The Morgan fingerprint density at radius 2 is 2.29 bits per heavy atom. The zero-order valence-electron chi connectivity index (χ0n) is 11.6. The van der Waals surface area contributed by atoms with Crippen molar-refractivity contribution in [3.05, 3.63) is 41.6 Å². The molecule has 0 spiro atoms. The Hall–Kier alpha value is -2.08. The van der Waals surface area contributed by atoms with Crippen LogP contribution in [0.4, 0.5) is 5.82 Å². The number of imidazole rings is 1. The molecule has 0 aromatic carbocycles. The third-order valence-electron chi connectivity index (χ3n) is 3.66. The minimum absolute atomic E-state index is 0.126. The van der Waals surface area contributed by atoms with Gasteiger partial charge >= 0.3 is 5.97 Å². The molecular formula is C14H15ClN4O2. The van der Waals surface area contributed by atoms with E-state index in [-0.39, 0.29) is 11.2 Å². The van der Waals surface area contributed by atoms with Crippen LogP contribution in [0.5, 0.6) is 0 Å².